The molecule has 0 radical (unpaired) electrons. The molecule has 0 bridgehead atoms. The predicted molar refractivity (Wildman–Crippen MR) is 98.6 cm³/mol. The van der Waals surface area contributed by atoms with Crippen LogP contribution in [0.5, 0.6) is 0 Å². The van der Waals surface area contributed by atoms with Crippen molar-refractivity contribution in [3.05, 3.63) is 64.7 Å². The monoisotopic (exact) mass is 421 g/mol. The molecule has 0 saturated heterocycles. The first-order chi connectivity index (χ1) is 13.7. The molecule has 0 aliphatic heterocycles. The first-order valence-electron chi connectivity index (χ1n) is 8.20. The molecule has 0 aliphatic rings. The van der Waals surface area contributed by atoms with Gasteiger partial charge in [0.1, 0.15) is 5.82 Å². The van der Waals surface area contributed by atoms with Crippen molar-refractivity contribution < 1.29 is 22.4 Å². The normalized spacial score (nSPS) is 11.8. The quantitative estimate of drug-likeness (QED) is 0.491. The van der Waals surface area contributed by atoms with E-state index in [0.717, 1.165) is 39.5 Å². The maximum atomic E-state index is 13.7. The second kappa shape index (κ2) is 6.92. The standard InChI is InChI=1S/C18H11F4N5OS/c1-9-23-13-7-4-11(8-14(13)29-9)24-17(28)15-16(18(20,21)22)27(26-25-15)12-5-2-10(19)3-6-12/h2-8H,1H3,(H,24,28). The van der Waals surface area contributed by atoms with Crippen molar-refractivity contribution in [3.63, 3.8) is 0 Å². The van der Waals surface area contributed by atoms with Crippen LogP contribution in [0.3, 0.4) is 0 Å². The lowest BCUT2D eigenvalue weighted by Crippen LogP contribution is -2.21. The van der Waals surface area contributed by atoms with Gasteiger partial charge in [-0.15, -0.1) is 16.4 Å². The van der Waals surface area contributed by atoms with Crippen LogP contribution in [-0.2, 0) is 6.18 Å². The van der Waals surface area contributed by atoms with E-state index in [-0.39, 0.29) is 5.69 Å². The van der Waals surface area contributed by atoms with Crippen LogP contribution < -0.4 is 5.32 Å². The Morgan fingerprint density at radius 1 is 1.14 bits per heavy atom. The number of carbonyl (C=O) groups is 1. The molecule has 4 aromatic rings. The number of hydrogen-bond acceptors (Lipinski definition) is 5. The maximum absolute atomic E-state index is 13.7. The van der Waals surface area contributed by atoms with Crippen LogP contribution in [0.25, 0.3) is 15.9 Å². The van der Waals surface area contributed by atoms with Gasteiger partial charge >= 0.3 is 6.18 Å². The summed E-state index contributed by atoms with van der Waals surface area (Å²) in [5.74, 6) is -1.68. The lowest BCUT2D eigenvalue weighted by molar-refractivity contribution is -0.143. The predicted octanol–water partition coefficient (Wildman–Crippen LogP) is 4.60. The molecule has 0 spiro atoms. The minimum absolute atomic E-state index is 0.0770. The zero-order valence-corrected chi connectivity index (χ0v) is 15.5. The van der Waals surface area contributed by atoms with Gasteiger partial charge in [-0.25, -0.2) is 14.1 Å². The van der Waals surface area contributed by atoms with Crippen molar-refractivity contribution in [2.45, 2.75) is 13.1 Å². The molecular formula is C18H11F4N5OS. The number of thiazole rings is 1. The van der Waals surface area contributed by atoms with Crippen molar-refractivity contribution in [3.8, 4) is 5.69 Å². The van der Waals surface area contributed by atoms with Gasteiger partial charge in [0.2, 0.25) is 0 Å². The summed E-state index contributed by atoms with van der Waals surface area (Å²) in [6, 6.07) is 9.02. The highest BCUT2D eigenvalue weighted by molar-refractivity contribution is 7.18. The number of benzene rings is 2. The van der Waals surface area contributed by atoms with E-state index in [2.05, 4.69) is 20.6 Å². The van der Waals surface area contributed by atoms with Crippen molar-refractivity contribution in [2.24, 2.45) is 0 Å². The highest BCUT2D eigenvalue weighted by atomic mass is 32.1. The molecule has 11 heteroatoms. The van der Waals surface area contributed by atoms with Crippen LogP contribution >= 0.6 is 11.3 Å². The van der Waals surface area contributed by atoms with Crippen LogP contribution in [0.4, 0.5) is 23.2 Å². The fraction of sp³-hybridized carbons (Fsp3) is 0.111. The Morgan fingerprint density at radius 2 is 1.86 bits per heavy atom. The molecule has 0 saturated carbocycles. The summed E-state index contributed by atoms with van der Waals surface area (Å²) in [6.07, 6.45) is -4.91. The lowest BCUT2D eigenvalue weighted by atomic mass is 10.2. The number of anilines is 1. The highest BCUT2D eigenvalue weighted by Crippen LogP contribution is 2.33. The van der Waals surface area contributed by atoms with Crippen LogP contribution in [0.2, 0.25) is 0 Å². The maximum Gasteiger partial charge on any atom is 0.435 e. The smallest absolute Gasteiger partial charge is 0.320 e. The van der Waals surface area contributed by atoms with E-state index in [0.29, 0.717) is 10.4 Å². The number of aromatic nitrogens is 4. The van der Waals surface area contributed by atoms with Crippen molar-refractivity contribution in [1.29, 1.82) is 0 Å². The fourth-order valence-electron chi connectivity index (χ4n) is 2.76. The third-order valence-corrected chi connectivity index (χ3v) is 4.91. The first-order valence-corrected chi connectivity index (χ1v) is 9.01. The van der Waals surface area contributed by atoms with Crippen LogP contribution in [-0.4, -0.2) is 25.9 Å². The van der Waals surface area contributed by atoms with E-state index >= 15 is 0 Å². The van der Waals surface area contributed by atoms with Crippen molar-refractivity contribution in [1.82, 2.24) is 20.0 Å². The topological polar surface area (TPSA) is 72.7 Å². The number of amides is 1. The van der Waals surface area contributed by atoms with Crippen LogP contribution in [0.15, 0.2) is 42.5 Å². The molecule has 0 unspecified atom stereocenters. The molecule has 2 aromatic carbocycles. The first kappa shape index (κ1) is 19.0. The summed E-state index contributed by atoms with van der Waals surface area (Å²) in [5.41, 5.74) is -1.29. The van der Waals surface area contributed by atoms with Crippen molar-refractivity contribution >= 4 is 33.1 Å². The van der Waals surface area contributed by atoms with E-state index in [4.69, 9.17) is 0 Å². The molecule has 2 heterocycles. The Hall–Kier alpha value is -3.34. The van der Waals surface area contributed by atoms with Gasteiger partial charge in [-0.2, -0.15) is 13.2 Å². The van der Waals surface area contributed by atoms with E-state index in [9.17, 15) is 22.4 Å². The second-order valence-electron chi connectivity index (χ2n) is 6.04. The second-order valence-corrected chi connectivity index (χ2v) is 7.28. The van der Waals surface area contributed by atoms with Gasteiger partial charge in [-0.3, -0.25) is 4.79 Å². The molecular weight excluding hydrogens is 410 g/mol. The lowest BCUT2D eigenvalue weighted by Gasteiger charge is -2.11. The third-order valence-electron chi connectivity index (χ3n) is 3.98. The summed E-state index contributed by atoms with van der Waals surface area (Å²) < 4.78 is 55.3. The zero-order chi connectivity index (χ0) is 20.8. The summed E-state index contributed by atoms with van der Waals surface area (Å²) in [7, 11) is 0. The third kappa shape index (κ3) is 3.68. The van der Waals surface area contributed by atoms with Crippen LogP contribution in [0, 0.1) is 12.7 Å². The van der Waals surface area contributed by atoms with Gasteiger partial charge in [0.25, 0.3) is 5.91 Å². The Balaban J connectivity index is 1.71. The minimum Gasteiger partial charge on any atom is -0.320 e. The molecule has 6 nitrogen and oxygen atoms in total. The molecule has 0 fully saturated rings. The SMILES string of the molecule is Cc1nc2ccc(NC(=O)c3nnn(-c4ccc(F)cc4)c3C(F)(F)F)cc2s1. The minimum atomic E-state index is -4.91. The molecule has 0 atom stereocenters. The summed E-state index contributed by atoms with van der Waals surface area (Å²) in [6.45, 7) is 1.83. The van der Waals surface area contributed by atoms with Gasteiger partial charge in [-0.05, 0) is 49.4 Å². The van der Waals surface area contributed by atoms with Crippen molar-refractivity contribution in [2.75, 3.05) is 5.32 Å². The zero-order valence-electron chi connectivity index (χ0n) is 14.7. The number of halogens is 4. The largest absolute Gasteiger partial charge is 0.435 e. The number of alkyl halides is 3. The molecule has 1 N–H and O–H groups in total. The van der Waals surface area contributed by atoms with E-state index in [1.54, 1.807) is 12.1 Å². The van der Waals surface area contributed by atoms with Gasteiger partial charge in [0.05, 0.1) is 20.9 Å². The molecule has 148 valence electrons. The summed E-state index contributed by atoms with van der Waals surface area (Å²) >= 11 is 1.39. The van der Waals surface area contributed by atoms with E-state index in [1.807, 2.05) is 6.92 Å². The molecule has 4 rings (SSSR count). The average Bonchev–Trinajstić information content (AvgIpc) is 3.24. The Morgan fingerprint density at radius 3 is 2.55 bits per heavy atom. The van der Waals surface area contributed by atoms with Gasteiger partial charge in [0, 0.05) is 5.69 Å². The number of carbonyl (C=O) groups excluding carboxylic acids is 1. The number of fused-ring (bicyclic) bond motifs is 1. The Labute approximate surface area is 164 Å². The molecule has 0 aliphatic carbocycles. The van der Waals surface area contributed by atoms with Gasteiger partial charge in [0.15, 0.2) is 11.4 Å². The van der Waals surface area contributed by atoms with Crippen LogP contribution in [0.1, 0.15) is 21.2 Å². The number of aryl methyl sites for hydroxylation is 1. The number of nitrogens with one attached hydrogen (secondary N) is 1. The number of hydrogen-bond donors (Lipinski definition) is 1. The van der Waals surface area contributed by atoms with Gasteiger partial charge in [-0.1, -0.05) is 5.21 Å². The highest BCUT2D eigenvalue weighted by Gasteiger charge is 2.42. The van der Waals surface area contributed by atoms with E-state index < -0.39 is 29.3 Å². The summed E-state index contributed by atoms with van der Waals surface area (Å²) in [5, 5.41) is 10.1. The number of nitrogens with zero attached hydrogens (tertiary/aromatic N) is 4. The molecule has 29 heavy (non-hydrogen) atoms. The molecule has 1 amide bonds. The Kier molecular flexibility index (Phi) is 4.53. The fourth-order valence-corrected chi connectivity index (χ4v) is 3.63. The number of rotatable bonds is 3. The van der Waals surface area contributed by atoms with Gasteiger partial charge < -0.3 is 5.32 Å². The average molecular weight is 421 g/mol. The molecule has 2 aromatic heterocycles. The summed E-state index contributed by atoms with van der Waals surface area (Å²) in [4.78, 5) is 16.8. The Bertz CT molecular complexity index is 1210. The van der Waals surface area contributed by atoms with E-state index in [1.165, 1.54) is 17.4 Å².